The normalized spacial score (nSPS) is 17.4. The van der Waals surface area contributed by atoms with Crippen molar-refractivity contribution in [3.8, 4) is 11.4 Å². The van der Waals surface area contributed by atoms with Crippen LogP contribution in [-0.4, -0.2) is 41.9 Å². The van der Waals surface area contributed by atoms with Gasteiger partial charge < -0.3 is 9.84 Å². The Hall–Kier alpha value is -2.34. The van der Waals surface area contributed by atoms with Crippen LogP contribution in [0, 0.1) is 11.7 Å². The van der Waals surface area contributed by atoms with Crippen molar-refractivity contribution in [2.75, 3.05) is 18.4 Å². The number of carbonyl (C=O) groups excluding carboxylic acids is 1. The van der Waals surface area contributed by atoms with Crippen LogP contribution in [0.3, 0.4) is 0 Å². The molecule has 4 rings (SSSR count). The molecule has 1 fully saturated rings. The molecule has 1 atom stereocenters. The van der Waals surface area contributed by atoms with E-state index in [9.17, 15) is 17.6 Å². The fourth-order valence-electron chi connectivity index (χ4n) is 3.41. The zero-order valence-electron chi connectivity index (χ0n) is 17.0. The molecule has 12 heteroatoms. The fraction of sp³-hybridized carbons (Fsp3) is 0.350. The van der Waals surface area contributed by atoms with Gasteiger partial charge in [-0.1, -0.05) is 23.7 Å². The summed E-state index contributed by atoms with van der Waals surface area (Å²) in [5, 5.41) is 8.29. The summed E-state index contributed by atoms with van der Waals surface area (Å²) in [5.74, 6) is -0.878. The van der Waals surface area contributed by atoms with E-state index in [2.05, 4.69) is 15.5 Å². The molecule has 1 saturated heterocycles. The summed E-state index contributed by atoms with van der Waals surface area (Å²) in [6, 6.07) is 5.47. The molecular formula is C20H20ClFN4O4S2. The SMILES string of the molecule is CCc1nc(-c2csc(S(=O)(=O)N3CCC[C@H](C(=O)Nc4ccc(Cl)cc4F)C3)c2)no1. The molecule has 1 aliphatic heterocycles. The highest BCUT2D eigenvalue weighted by Crippen LogP contribution is 2.31. The van der Waals surface area contributed by atoms with Crippen molar-refractivity contribution < 1.29 is 22.1 Å². The number of hydrogen-bond donors (Lipinski definition) is 1. The topological polar surface area (TPSA) is 105 Å². The largest absolute Gasteiger partial charge is 0.339 e. The second kappa shape index (κ2) is 9.26. The third kappa shape index (κ3) is 4.70. The Bertz CT molecular complexity index is 1240. The Morgan fingerprint density at radius 1 is 1.41 bits per heavy atom. The Labute approximate surface area is 193 Å². The van der Waals surface area contributed by atoms with E-state index in [-0.39, 0.29) is 21.5 Å². The second-order valence-corrected chi connectivity index (χ2v) is 10.8. The quantitative estimate of drug-likeness (QED) is 0.546. The lowest BCUT2D eigenvalue weighted by Crippen LogP contribution is -2.43. The van der Waals surface area contributed by atoms with Gasteiger partial charge in [0, 0.05) is 35.5 Å². The third-order valence-electron chi connectivity index (χ3n) is 5.14. The summed E-state index contributed by atoms with van der Waals surface area (Å²) in [6.45, 7) is 2.20. The molecule has 32 heavy (non-hydrogen) atoms. The van der Waals surface area contributed by atoms with Crippen LogP contribution in [-0.2, 0) is 21.2 Å². The Kier molecular flexibility index (Phi) is 6.61. The fourth-order valence-corrected chi connectivity index (χ4v) is 6.41. The standard InChI is InChI=1S/C20H20ClFN4O4S2/c1-2-17-24-19(25-30-17)13-8-18(31-11-13)32(28,29)26-7-3-4-12(10-26)20(27)23-16-6-5-14(21)9-15(16)22/h5-6,8-9,11-12H,2-4,7,10H2,1H3,(H,23,27)/t12-/m0/s1. The van der Waals surface area contributed by atoms with Crippen molar-refractivity contribution in [1.29, 1.82) is 0 Å². The molecule has 2 aromatic heterocycles. The van der Waals surface area contributed by atoms with Gasteiger partial charge in [0.2, 0.25) is 17.6 Å². The number of piperidine rings is 1. The molecule has 0 saturated carbocycles. The minimum atomic E-state index is -3.81. The molecule has 1 N–H and O–H groups in total. The lowest BCUT2D eigenvalue weighted by Gasteiger charge is -2.30. The van der Waals surface area contributed by atoms with Crippen molar-refractivity contribution in [3.63, 3.8) is 0 Å². The smallest absolute Gasteiger partial charge is 0.252 e. The van der Waals surface area contributed by atoms with E-state index in [1.807, 2.05) is 6.92 Å². The average molecular weight is 499 g/mol. The average Bonchev–Trinajstić information content (AvgIpc) is 3.45. The van der Waals surface area contributed by atoms with Crippen LogP contribution in [0.4, 0.5) is 10.1 Å². The number of amides is 1. The van der Waals surface area contributed by atoms with Crippen molar-refractivity contribution >= 4 is 44.6 Å². The molecule has 3 aromatic rings. The van der Waals surface area contributed by atoms with Gasteiger partial charge in [0.1, 0.15) is 10.0 Å². The van der Waals surface area contributed by atoms with Crippen molar-refractivity contribution in [1.82, 2.24) is 14.4 Å². The number of carbonyl (C=O) groups is 1. The zero-order valence-corrected chi connectivity index (χ0v) is 19.4. The lowest BCUT2D eigenvalue weighted by atomic mass is 9.98. The van der Waals surface area contributed by atoms with E-state index >= 15 is 0 Å². The molecule has 8 nitrogen and oxygen atoms in total. The minimum absolute atomic E-state index is 0.00819. The highest BCUT2D eigenvalue weighted by Gasteiger charge is 2.34. The molecule has 1 aliphatic rings. The molecule has 1 amide bonds. The number of aromatic nitrogens is 2. The molecule has 0 bridgehead atoms. The maximum absolute atomic E-state index is 14.0. The second-order valence-electron chi connectivity index (χ2n) is 7.34. The predicted molar refractivity (Wildman–Crippen MR) is 119 cm³/mol. The van der Waals surface area contributed by atoms with Gasteiger partial charge in [-0.15, -0.1) is 11.3 Å². The van der Waals surface area contributed by atoms with Crippen LogP contribution >= 0.6 is 22.9 Å². The lowest BCUT2D eigenvalue weighted by molar-refractivity contribution is -0.120. The summed E-state index contributed by atoms with van der Waals surface area (Å²) >= 11 is 6.80. The molecular weight excluding hydrogens is 479 g/mol. The summed E-state index contributed by atoms with van der Waals surface area (Å²) in [5.41, 5.74) is 0.565. The zero-order chi connectivity index (χ0) is 22.9. The number of thiophene rings is 1. The number of nitrogens with one attached hydrogen (secondary N) is 1. The third-order valence-corrected chi connectivity index (χ3v) is 8.66. The molecule has 3 heterocycles. The van der Waals surface area contributed by atoms with Gasteiger partial charge in [-0.2, -0.15) is 9.29 Å². The number of hydrogen-bond acceptors (Lipinski definition) is 7. The van der Waals surface area contributed by atoms with Crippen LogP contribution in [0.1, 0.15) is 25.7 Å². The van der Waals surface area contributed by atoms with E-state index in [4.69, 9.17) is 16.1 Å². The molecule has 0 spiro atoms. The molecule has 0 aliphatic carbocycles. The molecule has 0 radical (unpaired) electrons. The number of benzene rings is 1. The van der Waals surface area contributed by atoms with Crippen LogP contribution in [0.2, 0.25) is 5.02 Å². The van der Waals surface area contributed by atoms with Crippen molar-refractivity contribution in [3.05, 3.63) is 46.4 Å². The van der Waals surface area contributed by atoms with Gasteiger partial charge in [-0.25, -0.2) is 12.8 Å². The number of sulfonamides is 1. The van der Waals surface area contributed by atoms with Crippen LogP contribution in [0.15, 0.2) is 38.4 Å². The van der Waals surface area contributed by atoms with Gasteiger partial charge in [0.05, 0.1) is 11.6 Å². The molecule has 1 aromatic carbocycles. The Morgan fingerprint density at radius 3 is 2.94 bits per heavy atom. The summed E-state index contributed by atoms with van der Waals surface area (Å²) in [4.78, 5) is 16.9. The van der Waals surface area contributed by atoms with E-state index in [0.717, 1.165) is 17.4 Å². The Balaban J connectivity index is 1.48. The van der Waals surface area contributed by atoms with E-state index in [0.29, 0.717) is 43.1 Å². The first kappa shape index (κ1) is 22.8. The number of halogens is 2. The minimum Gasteiger partial charge on any atom is -0.339 e. The van der Waals surface area contributed by atoms with Gasteiger partial charge in [0.25, 0.3) is 10.0 Å². The van der Waals surface area contributed by atoms with Gasteiger partial charge in [-0.3, -0.25) is 4.79 Å². The Morgan fingerprint density at radius 2 is 2.22 bits per heavy atom. The van der Waals surface area contributed by atoms with Gasteiger partial charge in [0.15, 0.2) is 0 Å². The number of rotatable bonds is 6. The predicted octanol–water partition coefficient (Wildman–Crippen LogP) is 4.19. The van der Waals surface area contributed by atoms with Crippen molar-refractivity contribution in [2.24, 2.45) is 5.92 Å². The highest BCUT2D eigenvalue weighted by molar-refractivity contribution is 7.91. The van der Waals surface area contributed by atoms with Gasteiger partial charge >= 0.3 is 0 Å². The van der Waals surface area contributed by atoms with Crippen molar-refractivity contribution in [2.45, 2.75) is 30.4 Å². The molecule has 170 valence electrons. The van der Waals surface area contributed by atoms with Crippen LogP contribution in [0.25, 0.3) is 11.4 Å². The number of aryl methyl sites for hydroxylation is 1. The maximum Gasteiger partial charge on any atom is 0.252 e. The first-order chi connectivity index (χ1) is 15.3. The first-order valence-corrected chi connectivity index (χ1v) is 12.6. The number of nitrogens with zero attached hydrogens (tertiary/aromatic N) is 3. The highest BCUT2D eigenvalue weighted by atomic mass is 35.5. The number of anilines is 1. The van der Waals surface area contributed by atoms with E-state index < -0.39 is 27.7 Å². The summed E-state index contributed by atoms with van der Waals surface area (Å²) in [7, 11) is -3.81. The first-order valence-electron chi connectivity index (χ1n) is 9.95. The molecule has 0 unspecified atom stereocenters. The van der Waals surface area contributed by atoms with E-state index in [1.54, 1.807) is 5.38 Å². The monoisotopic (exact) mass is 498 g/mol. The van der Waals surface area contributed by atoms with Gasteiger partial charge in [-0.05, 0) is 37.1 Å². The van der Waals surface area contributed by atoms with Crippen LogP contribution in [0.5, 0.6) is 0 Å². The maximum atomic E-state index is 14.0. The van der Waals surface area contributed by atoms with E-state index in [1.165, 1.54) is 22.5 Å². The summed E-state index contributed by atoms with van der Waals surface area (Å²) < 4.78 is 46.9. The van der Waals surface area contributed by atoms with Crippen LogP contribution < -0.4 is 5.32 Å². The summed E-state index contributed by atoms with van der Waals surface area (Å²) in [6.07, 6.45) is 1.61.